The highest BCUT2D eigenvalue weighted by atomic mass is 35.5. The molecule has 0 unspecified atom stereocenters. The molecule has 0 atom stereocenters. The first-order valence-electron chi connectivity index (χ1n) is 6.48. The molecule has 0 saturated carbocycles. The van der Waals surface area contributed by atoms with Crippen molar-refractivity contribution in [3.63, 3.8) is 0 Å². The molecule has 0 amide bonds. The molecule has 0 spiro atoms. The van der Waals surface area contributed by atoms with Gasteiger partial charge in [0.05, 0.1) is 0 Å². The van der Waals surface area contributed by atoms with E-state index in [1.165, 1.54) is 11.1 Å². The van der Waals surface area contributed by atoms with Gasteiger partial charge in [0, 0.05) is 42.3 Å². The number of halogens is 1. The first kappa shape index (κ1) is 19.6. The minimum atomic E-state index is -1.57. The van der Waals surface area contributed by atoms with Gasteiger partial charge in [-0.2, -0.15) is 14.0 Å². The predicted molar refractivity (Wildman–Crippen MR) is 88.2 cm³/mol. The lowest BCUT2D eigenvalue weighted by atomic mass is 10.2. The standard InChI is InChI=1S/C15H27N3P.ClH/c1-14-8-10-15(11-9-14)12-13-19(16(2)3,17(4)5)18(6)7;/h8-13H,1-7H3;1H/q+1;/p-1/b13-12+;. The Bertz CT molecular complexity index is 405. The Morgan fingerprint density at radius 3 is 1.55 bits per heavy atom. The molecule has 0 radical (unpaired) electrons. The molecule has 0 aliphatic carbocycles. The van der Waals surface area contributed by atoms with Crippen molar-refractivity contribution >= 4 is 13.8 Å². The Labute approximate surface area is 131 Å². The lowest BCUT2D eigenvalue weighted by molar-refractivity contribution is -0.00000424. The van der Waals surface area contributed by atoms with Crippen LogP contribution in [0, 0.1) is 6.92 Å². The van der Waals surface area contributed by atoms with Gasteiger partial charge in [0.2, 0.25) is 0 Å². The van der Waals surface area contributed by atoms with Crippen molar-refractivity contribution < 1.29 is 12.4 Å². The molecule has 20 heavy (non-hydrogen) atoms. The van der Waals surface area contributed by atoms with Crippen LogP contribution in [0.3, 0.4) is 0 Å². The van der Waals surface area contributed by atoms with E-state index in [9.17, 15) is 0 Å². The molecule has 3 nitrogen and oxygen atoms in total. The van der Waals surface area contributed by atoms with Crippen molar-refractivity contribution in [1.82, 2.24) is 14.0 Å². The topological polar surface area (TPSA) is 9.72 Å². The second kappa shape index (κ2) is 8.11. The normalized spacial score (nSPS) is 12.5. The number of aryl methyl sites for hydroxylation is 1. The minimum Gasteiger partial charge on any atom is -1.00 e. The van der Waals surface area contributed by atoms with E-state index in [0.717, 1.165) is 0 Å². The monoisotopic (exact) mass is 315 g/mol. The van der Waals surface area contributed by atoms with E-state index in [0.29, 0.717) is 0 Å². The van der Waals surface area contributed by atoms with Crippen LogP contribution in [0.15, 0.2) is 30.1 Å². The average molecular weight is 316 g/mol. The molecule has 0 saturated heterocycles. The molecular weight excluding hydrogens is 289 g/mol. The summed E-state index contributed by atoms with van der Waals surface area (Å²) in [6.45, 7) is 2.12. The Morgan fingerprint density at radius 2 is 1.20 bits per heavy atom. The van der Waals surface area contributed by atoms with Crippen molar-refractivity contribution in [2.75, 3.05) is 42.3 Å². The molecule has 0 aliphatic heterocycles. The van der Waals surface area contributed by atoms with E-state index < -0.39 is 7.71 Å². The second-order valence-corrected chi connectivity index (χ2v) is 9.31. The average Bonchev–Trinajstić information content (AvgIpc) is 2.30. The van der Waals surface area contributed by atoms with Crippen LogP contribution in [0.1, 0.15) is 11.1 Å². The number of benzene rings is 1. The zero-order chi connectivity index (χ0) is 14.6. The van der Waals surface area contributed by atoms with Gasteiger partial charge in [-0.15, -0.1) is 0 Å². The van der Waals surface area contributed by atoms with Crippen molar-refractivity contribution in [2.45, 2.75) is 6.92 Å². The Kier molecular flexibility index (Phi) is 7.93. The predicted octanol–water partition coefficient (Wildman–Crippen LogP) is 0.417. The summed E-state index contributed by atoms with van der Waals surface area (Å²) in [5.74, 6) is 2.34. The van der Waals surface area contributed by atoms with Gasteiger partial charge in [-0.1, -0.05) is 29.8 Å². The Morgan fingerprint density at radius 1 is 0.800 bits per heavy atom. The maximum Gasteiger partial charge on any atom is 0.253 e. The van der Waals surface area contributed by atoms with Crippen LogP contribution in [-0.4, -0.2) is 56.3 Å². The van der Waals surface area contributed by atoms with Crippen LogP contribution in [0.25, 0.3) is 6.08 Å². The van der Waals surface area contributed by atoms with Gasteiger partial charge in [0.25, 0.3) is 7.71 Å². The third-order valence-electron chi connectivity index (χ3n) is 3.31. The van der Waals surface area contributed by atoms with Crippen LogP contribution in [-0.2, 0) is 0 Å². The van der Waals surface area contributed by atoms with Gasteiger partial charge in [-0.25, -0.2) is 0 Å². The molecule has 1 aromatic carbocycles. The van der Waals surface area contributed by atoms with Gasteiger partial charge < -0.3 is 12.4 Å². The zero-order valence-corrected chi connectivity index (χ0v) is 15.3. The van der Waals surface area contributed by atoms with Crippen molar-refractivity contribution in [3.05, 3.63) is 41.2 Å². The molecule has 0 fully saturated rings. The van der Waals surface area contributed by atoms with E-state index in [1.807, 2.05) is 0 Å². The molecule has 1 rings (SSSR count). The van der Waals surface area contributed by atoms with Crippen LogP contribution in [0.4, 0.5) is 0 Å². The minimum absolute atomic E-state index is 0. The number of hydrogen-bond acceptors (Lipinski definition) is 3. The summed E-state index contributed by atoms with van der Waals surface area (Å²) < 4.78 is 6.95. The largest absolute Gasteiger partial charge is 1.00 e. The summed E-state index contributed by atoms with van der Waals surface area (Å²) in [5.41, 5.74) is 2.55. The highest BCUT2D eigenvalue weighted by Gasteiger charge is 2.45. The fraction of sp³-hybridized carbons (Fsp3) is 0.467. The molecule has 0 bridgehead atoms. The van der Waals surface area contributed by atoms with Crippen LogP contribution < -0.4 is 12.4 Å². The fourth-order valence-electron chi connectivity index (χ4n) is 2.34. The highest BCUT2D eigenvalue weighted by molar-refractivity contribution is 7.72. The molecule has 0 N–H and O–H groups in total. The van der Waals surface area contributed by atoms with E-state index >= 15 is 0 Å². The van der Waals surface area contributed by atoms with E-state index in [2.05, 4.69) is 99.4 Å². The summed E-state index contributed by atoms with van der Waals surface area (Å²) in [6, 6.07) is 8.64. The zero-order valence-electron chi connectivity index (χ0n) is 13.6. The van der Waals surface area contributed by atoms with Crippen molar-refractivity contribution in [1.29, 1.82) is 0 Å². The molecule has 0 aliphatic rings. The second-order valence-electron chi connectivity index (χ2n) is 5.38. The maximum atomic E-state index is 2.34. The smallest absolute Gasteiger partial charge is 0.253 e. The molecule has 1 aromatic rings. The van der Waals surface area contributed by atoms with E-state index in [-0.39, 0.29) is 12.4 Å². The number of hydrogen-bond donors (Lipinski definition) is 0. The van der Waals surface area contributed by atoms with Gasteiger partial charge >= 0.3 is 0 Å². The summed E-state index contributed by atoms with van der Waals surface area (Å²) in [6.07, 6.45) is 2.23. The first-order valence-corrected chi connectivity index (χ1v) is 8.20. The first-order chi connectivity index (χ1) is 8.80. The van der Waals surface area contributed by atoms with Crippen LogP contribution >= 0.6 is 7.71 Å². The lowest BCUT2D eigenvalue weighted by Crippen LogP contribution is -3.00. The summed E-state index contributed by atoms with van der Waals surface area (Å²) in [5, 5.41) is 0. The number of rotatable bonds is 5. The number of nitrogens with zero attached hydrogens (tertiary/aromatic N) is 3. The Balaban J connectivity index is 0.00000361. The van der Waals surface area contributed by atoms with Crippen LogP contribution in [0.5, 0.6) is 0 Å². The van der Waals surface area contributed by atoms with Crippen molar-refractivity contribution in [3.8, 4) is 0 Å². The SMILES string of the molecule is Cc1ccc(/C=C/[P+](N(C)C)(N(C)C)N(C)C)cc1.[Cl-]. The van der Waals surface area contributed by atoms with Crippen molar-refractivity contribution in [2.24, 2.45) is 0 Å². The molecule has 5 heteroatoms. The van der Waals surface area contributed by atoms with Gasteiger partial charge in [0.1, 0.15) is 5.82 Å². The molecule has 114 valence electrons. The molecular formula is C15H27ClN3P. The maximum absolute atomic E-state index is 2.34. The lowest BCUT2D eigenvalue weighted by Gasteiger charge is -2.37. The summed E-state index contributed by atoms with van der Waals surface area (Å²) in [7, 11) is 11.3. The Hall–Kier alpha value is -0.440. The third-order valence-corrected chi connectivity index (χ3v) is 7.39. The van der Waals surface area contributed by atoms with Gasteiger partial charge in [-0.05, 0) is 18.6 Å². The van der Waals surface area contributed by atoms with Gasteiger partial charge in [-0.3, -0.25) is 0 Å². The highest BCUT2D eigenvalue weighted by Crippen LogP contribution is 2.65. The molecule has 0 aromatic heterocycles. The molecule has 0 heterocycles. The van der Waals surface area contributed by atoms with Gasteiger partial charge in [0.15, 0.2) is 0 Å². The summed E-state index contributed by atoms with van der Waals surface area (Å²) in [4.78, 5) is 0. The summed E-state index contributed by atoms with van der Waals surface area (Å²) >= 11 is 0. The third kappa shape index (κ3) is 4.28. The quantitative estimate of drug-likeness (QED) is 0.729. The van der Waals surface area contributed by atoms with E-state index in [1.54, 1.807) is 0 Å². The van der Waals surface area contributed by atoms with E-state index in [4.69, 9.17) is 0 Å². The fourth-order valence-corrected chi connectivity index (χ4v) is 5.66. The van der Waals surface area contributed by atoms with Crippen LogP contribution in [0.2, 0.25) is 0 Å².